The molecule has 0 atom stereocenters. The fourth-order valence-corrected chi connectivity index (χ4v) is 1.92. The molecule has 0 bridgehead atoms. The molecule has 1 heterocycles. The van der Waals surface area contributed by atoms with Crippen molar-refractivity contribution < 1.29 is 8.78 Å². The topological polar surface area (TPSA) is 36.7 Å². The molecule has 0 amide bonds. The standard InChI is InChI=1S/C9H6BrClF2N2/c10-8-5(4-11)3-6(9(12)13)7(15-8)1-2-14/h3,9H,1,4H2. The molecule has 0 aliphatic heterocycles. The van der Waals surface area contributed by atoms with Crippen LogP contribution in [0.15, 0.2) is 10.7 Å². The molecule has 15 heavy (non-hydrogen) atoms. The van der Waals surface area contributed by atoms with E-state index in [9.17, 15) is 8.78 Å². The summed E-state index contributed by atoms with van der Waals surface area (Å²) in [7, 11) is 0. The summed E-state index contributed by atoms with van der Waals surface area (Å²) in [4.78, 5) is 3.88. The van der Waals surface area contributed by atoms with Gasteiger partial charge in [0.1, 0.15) is 4.60 Å². The molecule has 0 unspecified atom stereocenters. The van der Waals surface area contributed by atoms with Gasteiger partial charge < -0.3 is 0 Å². The molecule has 0 aliphatic carbocycles. The van der Waals surface area contributed by atoms with Crippen LogP contribution in [0.1, 0.15) is 23.2 Å². The van der Waals surface area contributed by atoms with Gasteiger partial charge in [0.15, 0.2) is 0 Å². The minimum atomic E-state index is -2.64. The van der Waals surface area contributed by atoms with Gasteiger partial charge in [0, 0.05) is 11.1 Å². The Morgan fingerprint density at radius 1 is 1.60 bits per heavy atom. The van der Waals surface area contributed by atoms with Crippen molar-refractivity contribution in [3.63, 3.8) is 0 Å². The summed E-state index contributed by atoms with van der Waals surface area (Å²) in [6, 6.07) is 3.07. The van der Waals surface area contributed by atoms with Crippen molar-refractivity contribution in [3.05, 3.63) is 27.5 Å². The SMILES string of the molecule is N#CCc1nc(Br)c(CCl)cc1C(F)F. The van der Waals surface area contributed by atoms with E-state index in [4.69, 9.17) is 16.9 Å². The molecule has 0 N–H and O–H groups in total. The zero-order valence-corrected chi connectivity index (χ0v) is 9.82. The lowest BCUT2D eigenvalue weighted by atomic mass is 10.1. The van der Waals surface area contributed by atoms with Crippen molar-refractivity contribution in [3.8, 4) is 6.07 Å². The molecule has 1 aromatic heterocycles. The van der Waals surface area contributed by atoms with E-state index in [0.717, 1.165) is 0 Å². The van der Waals surface area contributed by atoms with E-state index < -0.39 is 6.43 Å². The lowest BCUT2D eigenvalue weighted by molar-refractivity contribution is 0.149. The molecule has 0 saturated carbocycles. The van der Waals surface area contributed by atoms with Crippen molar-refractivity contribution in [2.45, 2.75) is 18.7 Å². The normalized spacial score (nSPS) is 10.4. The molecule has 0 aromatic carbocycles. The Morgan fingerprint density at radius 2 is 2.27 bits per heavy atom. The Kier molecular flexibility index (Phi) is 4.43. The highest BCUT2D eigenvalue weighted by molar-refractivity contribution is 9.10. The first-order chi connectivity index (χ1) is 7.10. The van der Waals surface area contributed by atoms with E-state index in [1.807, 2.05) is 0 Å². The molecular formula is C9H6BrClF2N2. The average molecular weight is 296 g/mol. The van der Waals surface area contributed by atoms with Crippen LogP contribution in [0.3, 0.4) is 0 Å². The van der Waals surface area contributed by atoms with Crippen LogP contribution in [-0.2, 0) is 12.3 Å². The van der Waals surface area contributed by atoms with E-state index in [1.54, 1.807) is 6.07 Å². The maximum absolute atomic E-state index is 12.6. The van der Waals surface area contributed by atoms with Gasteiger partial charge in [0.05, 0.1) is 24.1 Å². The van der Waals surface area contributed by atoms with Gasteiger partial charge in [-0.1, -0.05) is 0 Å². The van der Waals surface area contributed by atoms with Gasteiger partial charge in [-0.15, -0.1) is 11.6 Å². The number of nitrogens with zero attached hydrogens (tertiary/aromatic N) is 2. The molecule has 0 radical (unpaired) electrons. The van der Waals surface area contributed by atoms with Crippen molar-refractivity contribution >= 4 is 27.5 Å². The van der Waals surface area contributed by atoms with Crippen LogP contribution in [0.25, 0.3) is 0 Å². The zero-order valence-electron chi connectivity index (χ0n) is 7.48. The number of hydrogen-bond acceptors (Lipinski definition) is 2. The van der Waals surface area contributed by atoms with E-state index in [2.05, 4.69) is 20.9 Å². The number of nitriles is 1. The first kappa shape index (κ1) is 12.3. The van der Waals surface area contributed by atoms with E-state index >= 15 is 0 Å². The van der Waals surface area contributed by atoms with Gasteiger partial charge in [-0.3, -0.25) is 0 Å². The van der Waals surface area contributed by atoms with Crippen LogP contribution < -0.4 is 0 Å². The minimum absolute atomic E-state index is 0.0910. The average Bonchev–Trinajstić information content (AvgIpc) is 2.18. The first-order valence-corrected chi connectivity index (χ1v) is 5.32. The van der Waals surface area contributed by atoms with Crippen molar-refractivity contribution in [1.82, 2.24) is 4.98 Å². The second-order valence-electron chi connectivity index (χ2n) is 2.74. The smallest absolute Gasteiger partial charge is 0.244 e. The van der Waals surface area contributed by atoms with E-state index in [0.29, 0.717) is 10.2 Å². The van der Waals surface area contributed by atoms with Crippen LogP contribution in [0.5, 0.6) is 0 Å². The Labute approximate surface area is 99.0 Å². The van der Waals surface area contributed by atoms with Gasteiger partial charge in [-0.05, 0) is 22.0 Å². The Hall–Kier alpha value is -0.730. The Morgan fingerprint density at radius 3 is 2.73 bits per heavy atom. The second-order valence-corrected chi connectivity index (χ2v) is 3.76. The quantitative estimate of drug-likeness (QED) is 0.631. The molecule has 6 heteroatoms. The minimum Gasteiger partial charge on any atom is -0.244 e. The molecule has 2 nitrogen and oxygen atoms in total. The van der Waals surface area contributed by atoms with E-state index in [1.165, 1.54) is 6.07 Å². The summed E-state index contributed by atoms with van der Waals surface area (Å²) in [6.45, 7) is 0. The largest absolute Gasteiger partial charge is 0.265 e. The maximum Gasteiger partial charge on any atom is 0.265 e. The zero-order chi connectivity index (χ0) is 11.4. The fourth-order valence-electron chi connectivity index (χ4n) is 1.08. The summed E-state index contributed by atoms with van der Waals surface area (Å²) in [5, 5.41) is 8.47. The van der Waals surface area contributed by atoms with Crippen molar-refractivity contribution in [1.29, 1.82) is 5.26 Å². The molecule has 80 valence electrons. The van der Waals surface area contributed by atoms with Crippen LogP contribution in [0.4, 0.5) is 8.78 Å². The molecular weight excluding hydrogens is 289 g/mol. The Bertz CT molecular complexity index is 404. The maximum atomic E-state index is 12.6. The summed E-state index contributed by atoms with van der Waals surface area (Å²) in [6.07, 6.45) is -2.78. The predicted octanol–water partition coefficient (Wildman–Crippen LogP) is 3.59. The number of rotatable bonds is 3. The highest BCUT2D eigenvalue weighted by Crippen LogP contribution is 2.27. The van der Waals surface area contributed by atoms with E-state index in [-0.39, 0.29) is 23.6 Å². The third kappa shape index (κ3) is 2.86. The van der Waals surface area contributed by atoms with Gasteiger partial charge >= 0.3 is 0 Å². The van der Waals surface area contributed by atoms with Crippen LogP contribution in [0.2, 0.25) is 0 Å². The van der Waals surface area contributed by atoms with Crippen LogP contribution >= 0.6 is 27.5 Å². The number of pyridine rings is 1. The van der Waals surface area contributed by atoms with Crippen molar-refractivity contribution in [2.24, 2.45) is 0 Å². The highest BCUT2D eigenvalue weighted by atomic mass is 79.9. The number of alkyl halides is 3. The van der Waals surface area contributed by atoms with Crippen LogP contribution in [-0.4, -0.2) is 4.98 Å². The molecule has 0 spiro atoms. The van der Waals surface area contributed by atoms with Gasteiger partial charge in [0.2, 0.25) is 0 Å². The molecule has 1 rings (SSSR count). The second kappa shape index (κ2) is 5.38. The highest BCUT2D eigenvalue weighted by Gasteiger charge is 2.16. The third-order valence-corrected chi connectivity index (χ3v) is 2.76. The molecule has 0 saturated heterocycles. The third-order valence-electron chi connectivity index (χ3n) is 1.79. The lowest BCUT2D eigenvalue weighted by Crippen LogP contribution is -2.01. The number of aromatic nitrogens is 1. The number of hydrogen-bond donors (Lipinski definition) is 0. The lowest BCUT2D eigenvalue weighted by Gasteiger charge is -2.08. The monoisotopic (exact) mass is 294 g/mol. The molecule has 0 fully saturated rings. The fraction of sp³-hybridized carbons (Fsp3) is 0.333. The van der Waals surface area contributed by atoms with Gasteiger partial charge in [0.25, 0.3) is 6.43 Å². The predicted molar refractivity (Wildman–Crippen MR) is 55.8 cm³/mol. The molecule has 0 aliphatic rings. The first-order valence-electron chi connectivity index (χ1n) is 3.99. The summed E-state index contributed by atoms with van der Waals surface area (Å²) < 4.78 is 25.6. The van der Waals surface area contributed by atoms with Crippen LogP contribution in [0, 0.1) is 11.3 Å². The summed E-state index contributed by atoms with van der Waals surface area (Å²) in [5.41, 5.74) is 0.359. The summed E-state index contributed by atoms with van der Waals surface area (Å²) in [5.74, 6) is 0.0974. The van der Waals surface area contributed by atoms with Gasteiger partial charge in [-0.2, -0.15) is 5.26 Å². The van der Waals surface area contributed by atoms with Crippen molar-refractivity contribution in [2.75, 3.05) is 0 Å². The number of halogens is 4. The Balaban J connectivity index is 3.26. The molecule has 1 aromatic rings. The van der Waals surface area contributed by atoms with Gasteiger partial charge in [-0.25, -0.2) is 13.8 Å². The summed E-state index contributed by atoms with van der Waals surface area (Å²) >= 11 is 8.67.